The molecule has 0 aromatic heterocycles. The van der Waals surface area contributed by atoms with E-state index in [9.17, 15) is 4.39 Å². The lowest BCUT2D eigenvalue weighted by atomic mass is 10.1. The molecule has 1 atom stereocenters. The summed E-state index contributed by atoms with van der Waals surface area (Å²) in [7, 11) is 2.04. The van der Waals surface area contributed by atoms with E-state index in [1.165, 1.54) is 6.07 Å². The van der Waals surface area contributed by atoms with Gasteiger partial charge < -0.3 is 0 Å². The number of benzene rings is 1. The largest absolute Gasteiger partial charge is 0.299 e. The fraction of sp³-hybridized carbons (Fsp3) is 0.462. The predicted molar refractivity (Wildman–Crippen MR) is 70.4 cm³/mol. The van der Waals surface area contributed by atoms with Gasteiger partial charge in [0.25, 0.3) is 0 Å². The minimum Gasteiger partial charge on any atom is -0.299 e. The maximum Gasteiger partial charge on any atom is 0.140 e. The van der Waals surface area contributed by atoms with Crippen molar-refractivity contribution in [3.63, 3.8) is 0 Å². The van der Waals surface area contributed by atoms with Gasteiger partial charge in [0, 0.05) is 18.3 Å². The lowest BCUT2D eigenvalue weighted by Crippen LogP contribution is -2.30. The summed E-state index contributed by atoms with van der Waals surface area (Å²) in [4.78, 5) is 2.20. The van der Waals surface area contributed by atoms with Gasteiger partial charge in [-0.2, -0.15) is 17.0 Å². The highest BCUT2D eigenvalue weighted by Crippen LogP contribution is 2.13. The van der Waals surface area contributed by atoms with Crippen LogP contribution in [0.2, 0.25) is 0 Å². The average Bonchev–Trinajstić information content (AvgIpc) is 2.31. The molecule has 0 saturated carbocycles. The number of nitrogens with zero attached hydrogens (tertiary/aromatic N) is 2. The smallest absolute Gasteiger partial charge is 0.140 e. The summed E-state index contributed by atoms with van der Waals surface area (Å²) in [6, 6.07) is 7.04. The SMILES string of the molecule is CSCC(C)N(C)Cc1ccc(F)c(C#N)c1. The van der Waals surface area contributed by atoms with E-state index in [2.05, 4.69) is 18.1 Å². The molecule has 1 aromatic carbocycles. The van der Waals surface area contributed by atoms with Crippen molar-refractivity contribution in [1.29, 1.82) is 5.26 Å². The second kappa shape index (κ2) is 6.63. The third-order valence-corrected chi connectivity index (χ3v) is 3.56. The molecule has 1 unspecified atom stereocenters. The van der Waals surface area contributed by atoms with Crippen molar-refractivity contribution in [2.24, 2.45) is 0 Å². The van der Waals surface area contributed by atoms with E-state index in [-0.39, 0.29) is 5.56 Å². The van der Waals surface area contributed by atoms with Crippen LogP contribution in [0.25, 0.3) is 0 Å². The quantitative estimate of drug-likeness (QED) is 0.806. The summed E-state index contributed by atoms with van der Waals surface area (Å²) in [6.45, 7) is 2.89. The number of rotatable bonds is 5. The van der Waals surface area contributed by atoms with Crippen molar-refractivity contribution < 1.29 is 4.39 Å². The van der Waals surface area contributed by atoms with Crippen LogP contribution in [0.15, 0.2) is 18.2 Å². The van der Waals surface area contributed by atoms with Gasteiger partial charge in [0.1, 0.15) is 11.9 Å². The van der Waals surface area contributed by atoms with Crippen LogP contribution in [-0.2, 0) is 6.54 Å². The van der Waals surface area contributed by atoms with Gasteiger partial charge in [0.2, 0.25) is 0 Å². The van der Waals surface area contributed by atoms with Crippen molar-refractivity contribution in [2.45, 2.75) is 19.5 Å². The third kappa shape index (κ3) is 4.03. The van der Waals surface area contributed by atoms with Crippen LogP contribution in [0.1, 0.15) is 18.1 Å². The van der Waals surface area contributed by atoms with Gasteiger partial charge in [-0.05, 0) is 37.9 Å². The summed E-state index contributed by atoms with van der Waals surface area (Å²) in [5, 5.41) is 8.76. The van der Waals surface area contributed by atoms with Gasteiger partial charge in [-0.25, -0.2) is 4.39 Å². The lowest BCUT2D eigenvalue weighted by molar-refractivity contribution is 0.269. The highest BCUT2D eigenvalue weighted by atomic mass is 32.2. The van der Waals surface area contributed by atoms with Crippen LogP contribution in [0, 0.1) is 17.1 Å². The Morgan fingerprint density at radius 1 is 1.53 bits per heavy atom. The monoisotopic (exact) mass is 252 g/mol. The molecule has 2 nitrogen and oxygen atoms in total. The molecule has 1 rings (SSSR count). The lowest BCUT2D eigenvalue weighted by Gasteiger charge is -2.24. The fourth-order valence-corrected chi connectivity index (χ4v) is 2.31. The van der Waals surface area contributed by atoms with E-state index in [1.54, 1.807) is 23.9 Å². The normalized spacial score (nSPS) is 12.5. The molecule has 0 aliphatic heterocycles. The number of nitriles is 1. The van der Waals surface area contributed by atoms with Crippen LogP contribution in [-0.4, -0.2) is 30.0 Å². The van der Waals surface area contributed by atoms with Gasteiger partial charge in [0.05, 0.1) is 5.56 Å². The Hall–Kier alpha value is -1.05. The first kappa shape index (κ1) is 14.0. The standard InChI is InChI=1S/C13H17FN2S/c1-10(9-17-3)16(2)8-11-4-5-13(14)12(6-11)7-15/h4-6,10H,8-9H2,1-3H3. The zero-order valence-corrected chi connectivity index (χ0v) is 11.2. The van der Waals surface area contributed by atoms with E-state index in [0.29, 0.717) is 6.04 Å². The molecule has 0 amide bonds. The van der Waals surface area contributed by atoms with Crippen LogP contribution in [0.4, 0.5) is 4.39 Å². The topological polar surface area (TPSA) is 27.0 Å². The first-order valence-electron chi connectivity index (χ1n) is 5.46. The van der Waals surface area contributed by atoms with Crippen molar-refractivity contribution in [2.75, 3.05) is 19.1 Å². The molecule has 17 heavy (non-hydrogen) atoms. The van der Waals surface area contributed by atoms with E-state index in [4.69, 9.17) is 5.26 Å². The zero-order chi connectivity index (χ0) is 12.8. The summed E-state index contributed by atoms with van der Waals surface area (Å²) in [6.07, 6.45) is 2.08. The molecular formula is C13H17FN2S. The van der Waals surface area contributed by atoms with Crippen LogP contribution in [0.5, 0.6) is 0 Å². The highest BCUT2D eigenvalue weighted by molar-refractivity contribution is 7.98. The molecule has 4 heteroatoms. The van der Waals surface area contributed by atoms with E-state index in [0.717, 1.165) is 17.9 Å². The summed E-state index contributed by atoms with van der Waals surface area (Å²) in [5.74, 6) is 0.610. The predicted octanol–water partition coefficient (Wildman–Crippen LogP) is 2.88. The van der Waals surface area contributed by atoms with Crippen LogP contribution >= 0.6 is 11.8 Å². The molecule has 1 aromatic rings. The molecule has 0 heterocycles. The maximum absolute atomic E-state index is 13.1. The van der Waals surface area contributed by atoms with Gasteiger partial charge >= 0.3 is 0 Å². The number of hydrogen-bond donors (Lipinski definition) is 0. The minimum absolute atomic E-state index is 0.119. The Balaban J connectivity index is 2.72. The number of thioether (sulfide) groups is 1. The van der Waals surface area contributed by atoms with E-state index < -0.39 is 5.82 Å². The Kier molecular flexibility index (Phi) is 5.46. The van der Waals surface area contributed by atoms with Crippen LogP contribution < -0.4 is 0 Å². The van der Waals surface area contributed by atoms with Crippen molar-refractivity contribution in [3.8, 4) is 6.07 Å². The Labute approximate surface area is 106 Å². The van der Waals surface area contributed by atoms with Gasteiger partial charge in [-0.3, -0.25) is 4.90 Å². The zero-order valence-electron chi connectivity index (χ0n) is 10.4. The number of halogens is 1. The van der Waals surface area contributed by atoms with E-state index in [1.807, 2.05) is 13.1 Å². The minimum atomic E-state index is -0.448. The second-order valence-electron chi connectivity index (χ2n) is 4.15. The summed E-state index contributed by atoms with van der Waals surface area (Å²) in [5.41, 5.74) is 1.09. The summed E-state index contributed by atoms with van der Waals surface area (Å²) >= 11 is 1.80. The molecule has 92 valence electrons. The first-order valence-corrected chi connectivity index (χ1v) is 6.85. The Morgan fingerprint density at radius 2 is 2.24 bits per heavy atom. The molecule has 0 saturated heterocycles. The van der Waals surface area contributed by atoms with Crippen molar-refractivity contribution in [3.05, 3.63) is 35.1 Å². The highest BCUT2D eigenvalue weighted by Gasteiger charge is 2.10. The number of hydrogen-bond acceptors (Lipinski definition) is 3. The van der Waals surface area contributed by atoms with Gasteiger partial charge in [0.15, 0.2) is 0 Å². The fourth-order valence-electron chi connectivity index (χ4n) is 1.57. The average molecular weight is 252 g/mol. The Bertz CT molecular complexity index is 414. The molecule has 0 aliphatic carbocycles. The molecule has 0 fully saturated rings. The van der Waals surface area contributed by atoms with Gasteiger partial charge in [-0.15, -0.1) is 0 Å². The van der Waals surface area contributed by atoms with E-state index >= 15 is 0 Å². The van der Waals surface area contributed by atoms with Crippen molar-refractivity contribution in [1.82, 2.24) is 4.90 Å². The van der Waals surface area contributed by atoms with Crippen molar-refractivity contribution >= 4 is 11.8 Å². The third-order valence-electron chi connectivity index (χ3n) is 2.74. The first-order chi connectivity index (χ1) is 8.08. The maximum atomic E-state index is 13.1. The second-order valence-corrected chi connectivity index (χ2v) is 5.06. The molecule has 0 aliphatic rings. The van der Waals surface area contributed by atoms with Crippen LogP contribution in [0.3, 0.4) is 0 Å². The van der Waals surface area contributed by atoms with Gasteiger partial charge in [-0.1, -0.05) is 6.07 Å². The summed E-state index contributed by atoms with van der Waals surface area (Å²) < 4.78 is 13.1. The molecule has 0 N–H and O–H groups in total. The molecule has 0 radical (unpaired) electrons. The Morgan fingerprint density at radius 3 is 2.82 bits per heavy atom. The molecule has 0 spiro atoms. The molecular weight excluding hydrogens is 235 g/mol. The molecule has 0 bridgehead atoms.